The van der Waals surface area contributed by atoms with E-state index >= 15 is 0 Å². The van der Waals surface area contributed by atoms with Crippen molar-refractivity contribution in [2.24, 2.45) is 17.3 Å². The van der Waals surface area contributed by atoms with Gasteiger partial charge < -0.3 is 13.9 Å². The van der Waals surface area contributed by atoms with E-state index in [0.29, 0.717) is 19.4 Å². The van der Waals surface area contributed by atoms with Crippen LogP contribution in [-0.4, -0.2) is 41.1 Å². The molecule has 1 fully saturated rings. The predicted molar refractivity (Wildman–Crippen MR) is 112 cm³/mol. The van der Waals surface area contributed by atoms with Crippen LogP contribution in [0.1, 0.15) is 47.0 Å². The smallest absolute Gasteiger partial charge is 0.323 e. The van der Waals surface area contributed by atoms with Gasteiger partial charge in [0.2, 0.25) is 0 Å². The van der Waals surface area contributed by atoms with Gasteiger partial charge in [-0.2, -0.15) is 0 Å². The molecule has 2 aliphatic rings. The highest BCUT2D eigenvalue weighted by Crippen LogP contribution is 2.51. The van der Waals surface area contributed by atoms with Gasteiger partial charge in [-0.1, -0.05) is 44.1 Å². The van der Waals surface area contributed by atoms with Crippen molar-refractivity contribution >= 4 is 20.3 Å². The van der Waals surface area contributed by atoms with E-state index < -0.39 is 25.7 Å². The average Bonchev–Trinajstić information content (AvgIpc) is 2.96. The van der Waals surface area contributed by atoms with Crippen LogP contribution in [0.2, 0.25) is 18.1 Å². The van der Waals surface area contributed by atoms with Crippen LogP contribution >= 0.6 is 0 Å². The van der Waals surface area contributed by atoms with Crippen LogP contribution in [0.15, 0.2) is 23.3 Å². The van der Waals surface area contributed by atoms with Crippen LogP contribution in [-0.2, 0) is 23.5 Å². The second-order valence-corrected chi connectivity index (χ2v) is 14.5. The first-order valence-electron chi connectivity index (χ1n) is 10.1. The minimum atomic E-state index is -1.84. The fourth-order valence-electron chi connectivity index (χ4n) is 3.99. The Morgan fingerprint density at radius 3 is 2.25 bits per heavy atom. The molecule has 6 heteroatoms. The molecule has 1 saturated carbocycles. The average molecular weight is 409 g/mol. The van der Waals surface area contributed by atoms with Gasteiger partial charge >= 0.3 is 11.9 Å². The Morgan fingerprint density at radius 1 is 1.18 bits per heavy atom. The van der Waals surface area contributed by atoms with E-state index in [0.717, 1.165) is 12.0 Å². The summed E-state index contributed by atoms with van der Waals surface area (Å²) < 4.78 is 16.5. The maximum atomic E-state index is 12.5. The zero-order valence-corrected chi connectivity index (χ0v) is 19.7. The third-order valence-corrected chi connectivity index (χ3v) is 11.5. The largest absolute Gasteiger partial charge is 0.468 e. The number of hydrogen-bond acceptors (Lipinski definition) is 5. The molecule has 2 atom stereocenters. The van der Waals surface area contributed by atoms with Gasteiger partial charge in [0, 0.05) is 12.5 Å². The van der Waals surface area contributed by atoms with E-state index in [9.17, 15) is 9.59 Å². The summed E-state index contributed by atoms with van der Waals surface area (Å²) in [4.78, 5) is 25.1. The van der Waals surface area contributed by atoms with E-state index in [1.54, 1.807) is 0 Å². The minimum Gasteiger partial charge on any atom is -0.468 e. The number of fused-ring (bicyclic) bond motifs is 1. The van der Waals surface area contributed by atoms with Crippen molar-refractivity contribution in [3.8, 4) is 0 Å². The summed E-state index contributed by atoms with van der Waals surface area (Å²) in [5.74, 6) is -0.682. The highest BCUT2D eigenvalue weighted by molar-refractivity contribution is 6.74. The lowest BCUT2D eigenvalue weighted by molar-refractivity contribution is -0.168. The summed E-state index contributed by atoms with van der Waals surface area (Å²) in [6.07, 6.45) is 6.00. The maximum Gasteiger partial charge on any atom is 0.323 e. The van der Waals surface area contributed by atoms with Crippen LogP contribution in [0.4, 0.5) is 0 Å². The molecule has 0 bridgehead atoms. The molecule has 0 unspecified atom stereocenters. The summed E-state index contributed by atoms with van der Waals surface area (Å²) >= 11 is 0. The van der Waals surface area contributed by atoms with E-state index in [2.05, 4.69) is 52.9 Å². The first kappa shape index (κ1) is 22.9. The number of ether oxygens (including phenoxy) is 2. The zero-order valence-electron chi connectivity index (χ0n) is 18.7. The van der Waals surface area contributed by atoms with Crippen molar-refractivity contribution in [1.29, 1.82) is 0 Å². The molecule has 5 nitrogen and oxygen atoms in total. The summed E-state index contributed by atoms with van der Waals surface area (Å²) in [5.41, 5.74) is 1.16. The lowest BCUT2D eigenvalue weighted by Gasteiger charge is -2.37. The standard InChI is InChI=1S/C22H36O5Si/c1-15-17(14-27-28(7,8)21(2,3)4)11-9-10-16-12-22(13-18(15)16,19(23)25-5)20(24)26-6/h9-10,16-17H,11-14H2,1-8H3/t16-,17+/m0/s1. The Morgan fingerprint density at radius 2 is 1.75 bits per heavy atom. The van der Waals surface area contributed by atoms with Crippen molar-refractivity contribution in [3.63, 3.8) is 0 Å². The lowest BCUT2D eigenvalue weighted by atomic mass is 9.84. The Balaban J connectivity index is 2.31. The second kappa shape index (κ2) is 8.15. The molecule has 0 aromatic carbocycles. The van der Waals surface area contributed by atoms with Gasteiger partial charge in [-0.25, -0.2) is 0 Å². The van der Waals surface area contributed by atoms with Crippen LogP contribution in [0, 0.1) is 17.3 Å². The van der Waals surface area contributed by atoms with Crippen LogP contribution in [0.5, 0.6) is 0 Å². The van der Waals surface area contributed by atoms with E-state index in [4.69, 9.17) is 13.9 Å². The molecule has 0 amide bonds. The number of methoxy groups -OCH3 is 2. The number of esters is 2. The van der Waals surface area contributed by atoms with E-state index in [1.807, 2.05) is 0 Å². The predicted octanol–water partition coefficient (Wildman–Crippen LogP) is 4.64. The highest BCUT2D eigenvalue weighted by Gasteiger charge is 2.55. The Bertz CT molecular complexity index is 668. The monoisotopic (exact) mass is 408 g/mol. The van der Waals surface area contributed by atoms with Crippen molar-refractivity contribution in [2.45, 2.75) is 65.1 Å². The van der Waals surface area contributed by atoms with Crippen molar-refractivity contribution in [3.05, 3.63) is 23.3 Å². The van der Waals surface area contributed by atoms with E-state index in [1.165, 1.54) is 19.8 Å². The van der Waals surface area contributed by atoms with Gasteiger partial charge in [-0.05, 0) is 50.2 Å². The molecule has 2 aliphatic carbocycles. The molecule has 0 aliphatic heterocycles. The summed E-state index contributed by atoms with van der Waals surface area (Å²) in [5, 5.41) is 0.162. The number of hydrogen-bond donors (Lipinski definition) is 0. The molecular formula is C22H36O5Si. The number of carbonyl (C=O) groups is 2. The van der Waals surface area contributed by atoms with Crippen molar-refractivity contribution < 1.29 is 23.5 Å². The highest BCUT2D eigenvalue weighted by atomic mass is 28.4. The fraction of sp³-hybridized carbons (Fsp3) is 0.727. The number of carbonyl (C=O) groups excluding carboxylic acids is 2. The molecule has 0 spiro atoms. The molecule has 0 aromatic heterocycles. The Labute approximate surface area is 170 Å². The Kier molecular flexibility index (Phi) is 6.66. The van der Waals surface area contributed by atoms with Gasteiger partial charge in [0.05, 0.1) is 14.2 Å². The summed E-state index contributed by atoms with van der Waals surface area (Å²) in [7, 11) is 0.816. The maximum absolute atomic E-state index is 12.5. The molecule has 0 radical (unpaired) electrons. The molecule has 0 saturated heterocycles. The first-order valence-corrected chi connectivity index (χ1v) is 13.0. The molecule has 158 valence electrons. The molecular weight excluding hydrogens is 372 g/mol. The Hall–Kier alpha value is -1.40. The lowest BCUT2D eigenvalue weighted by Crippen LogP contribution is -2.42. The van der Waals surface area contributed by atoms with Gasteiger partial charge in [-0.3, -0.25) is 9.59 Å². The van der Waals surface area contributed by atoms with Crippen molar-refractivity contribution in [1.82, 2.24) is 0 Å². The van der Waals surface area contributed by atoms with Crippen LogP contribution in [0.3, 0.4) is 0 Å². The molecule has 0 heterocycles. The van der Waals surface area contributed by atoms with Gasteiger partial charge in [0.25, 0.3) is 0 Å². The number of rotatable bonds is 5. The molecule has 2 rings (SSSR count). The third kappa shape index (κ3) is 4.13. The molecule has 28 heavy (non-hydrogen) atoms. The quantitative estimate of drug-likeness (QED) is 0.287. The fourth-order valence-corrected chi connectivity index (χ4v) is 5.04. The van der Waals surface area contributed by atoms with Gasteiger partial charge in [0.1, 0.15) is 0 Å². The first-order chi connectivity index (χ1) is 12.9. The summed E-state index contributed by atoms with van der Waals surface area (Å²) in [6.45, 7) is 14.1. The van der Waals surface area contributed by atoms with Gasteiger partial charge in [0.15, 0.2) is 13.7 Å². The van der Waals surface area contributed by atoms with E-state index in [-0.39, 0.29) is 16.9 Å². The SMILES string of the molecule is COC(=O)C1(C(=O)OC)CC2=C(C)[C@@H](CO[Si](C)(C)C(C)(C)C)CC=C[C@H]2C1. The zero-order chi connectivity index (χ0) is 21.3. The second-order valence-electron chi connectivity index (χ2n) is 9.69. The third-order valence-electron chi connectivity index (χ3n) is 7.02. The van der Waals surface area contributed by atoms with Crippen molar-refractivity contribution in [2.75, 3.05) is 20.8 Å². The topological polar surface area (TPSA) is 61.8 Å². The van der Waals surface area contributed by atoms with Crippen LogP contribution in [0.25, 0.3) is 0 Å². The van der Waals surface area contributed by atoms with Crippen LogP contribution < -0.4 is 0 Å². The van der Waals surface area contributed by atoms with Gasteiger partial charge in [-0.15, -0.1) is 0 Å². The minimum absolute atomic E-state index is 0.0658. The summed E-state index contributed by atoms with van der Waals surface area (Å²) in [6, 6.07) is 0. The number of allylic oxidation sites excluding steroid dienone is 3. The molecule has 0 aromatic rings. The normalized spacial score (nSPS) is 24.6. The molecule has 0 N–H and O–H groups in total.